The van der Waals surface area contributed by atoms with Gasteiger partial charge in [-0.2, -0.15) is 0 Å². The van der Waals surface area contributed by atoms with E-state index in [1.165, 1.54) is 6.07 Å². The van der Waals surface area contributed by atoms with Crippen molar-refractivity contribution in [1.29, 1.82) is 0 Å². The summed E-state index contributed by atoms with van der Waals surface area (Å²) in [5.41, 5.74) is 2.96. The Labute approximate surface area is 163 Å². The minimum absolute atomic E-state index is 0.0108. The quantitative estimate of drug-likeness (QED) is 0.821. The van der Waals surface area contributed by atoms with Crippen LogP contribution in [0.1, 0.15) is 52.4 Å². The summed E-state index contributed by atoms with van der Waals surface area (Å²) in [4.78, 5) is 33.1. The second-order valence-electron chi connectivity index (χ2n) is 8.03. The maximum atomic E-state index is 14.2. The molecule has 5 nitrogen and oxygen atoms in total. The van der Waals surface area contributed by atoms with Crippen LogP contribution in [-0.2, 0) is 17.8 Å². The average molecular weight is 379 g/mol. The second-order valence-corrected chi connectivity index (χ2v) is 8.03. The summed E-state index contributed by atoms with van der Waals surface area (Å²) in [7, 11) is 0. The lowest BCUT2D eigenvalue weighted by Crippen LogP contribution is -2.39. The molecule has 0 spiro atoms. The van der Waals surface area contributed by atoms with Gasteiger partial charge in [0.2, 0.25) is 5.91 Å². The maximum absolute atomic E-state index is 14.2. The van der Waals surface area contributed by atoms with Crippen LogP contribution in [0.3, 0.4) is 0 Å². The number of carbonyl (C=O) groups is 2. The number of rotatable bonds is 4. The molecular formula is C22H22FN3O2. The zero-order chi connectivity index (χ0) is 19.3. The van der Waals surface area contributed by atoms with Gasteiger partial charge in [0.05, 0.1) is 12.5 Å². The number of nitrogens with zero attached hydrogens (tertiary/aromatic N) is 3. The Morgan fingerprint density at radius 3 is 2.82 bits per heavy atom. The van der Waals surface area contributed by atoms with Crippen LogP contribution in [0.5, 0.6) is 0 Å². The Hall–Kier alpha value is -2.76. The Morgan fingerprint density at radius 2 is 2.07 bits per heavy atom. The van der Waals surface area contributed by atoms with Crippen molar-refractivity contribution in [1.82, 2.24) is 14.8 Å². The maximum Gasteiger partial charge on any atom is 0.273 e. The highest BCUT2D eigenvalue weighted by molar-refractivity contribution is 5.96. The number of amides is 2. The summed E-state index contributed by atoms with van der Waals surface area (Å²) >= 11 is 0. The fourth-order valence-electron chi connectivity index (χ4n) is 4.36. The van der Waals surface area contributed by atoms with Gasteiger partial charge in [-0.25, -0.2) is 4.39 Å². The Morgan fingerprint density at radius 1 is 1.21 bits per heavy atom. The first kappa shape index (κ1) is 17.3. The molecule has 2 aliphatic heterocycles. The van der Waals surface area contributed by atoms with Crippen LogP contribution in [0.25, 0.3) is 0 Å². The van der Waals surface area contributed by atoms with Crippen LogP contribution in [-0.4, -0.2) is 45.7 Å². The number of benzene rings is 1. The predicted molar refractivity (Wildman–Crippen MR) is 101 cm³/mol. The smallest absolute Gasteiger partial charge is 0.273 e. The third kappa shape index (κ3) is 3.07. The van der Waals surface area contributed by atoms with E-state index in [0.29, 0.717) is 36.8 Å². The van der Waals surface area contributed by atoms with Gasteiger partial charge in [0, 0.05) is 31.4 Å². The van der Waals surface area contributed by atoms with Gasteiger partial charge in [-0.3, -0.25) is 14.6 Å². The Balaban J connectivity index is 1.22. The van der Waals surface area contributed by atoms with Crippen molar-refractivity contribution < 1.29 is 14.0 Å². The minimum atomic E-state index is -0.194. The Bertz CT molecular complexity index is 957. The van der Waals surface area contributed by atoms with Gasteiger partial charge in [0.25, 0.3) is 5.91 Å². The predicted octanol–water partition coefficient (Wildman–Crippen LogP) is 2.90. The van der Waals surface area contributed by atoms with Crippen LogP contribution >= 0.6 is 0 Å². The first-order valence-corrected chi connectivity index (χ1v) is 9.91. The summed E-state index contributed by atoms with van der Waals surface area (Å²) in [5.74, 6) is 0.108. The van der Waals surface area contributed by atoms with E-state index in [2.05, 4.69) is 4.98 Å². The molecule has 1 saturated carbocycles. The SMILES string of the molecule is O=C(Cc1ccc(C2CC2)c(F)c1)N1CCC(N2Cc3cccnc3C2=O)C1. The van der Waals surface area contributed by atoms with Gasteiger partial charge in [0.1, 0.15) is 11.5 Å². The molecule has 1 aliphatic carbocycles. The van der Waals surface area contributed by atoms with Crippen molar-refractivity contribution in [3.05, 3.63) is 64.7 Å². The molecule has 1 saturated heterocycles. The van der Waals surface area contributed by atoms with E-state index in [9.17, 15) is 14.0 Å². The number of hydrogen-bond acceptors (Lipinski definition) is 3. The normalized spacial score (nSPS) is 21.3. The summed E-state index contributed by atoms with van der Waals surface area (Å²) in [6, 6.07) is 8.99. The number of aromatic nitrogens is 1. The molecule has 2 aromatic rings. The second kappa shape index (κ2) is 6.69. The van der Waals surface area contributed by atoms with Gasteiger partial charge in [-0.05, 0) is 48.4 Å². The number of pyridine rings is 1. The minimum Gasteiger partial charge on any atom is -0.340 e. The van der Waals surface area contributed by atoms with E-state index in [0.717, 1.165) is 30.4 Å². The number of halogens is 1. The van der Waals surface area contributed by atoms with E-state index in [1.54, 1.807) is 11.1 Å². The number of hydrogen-bond donors (Lipinski definition) is 0. The molecule has 28 heavy (non-hydrogen) atoms. The molecule has 1 aromatic carbocycles. The monoisotopic (exact) mass is 379 g/mol. The molecular weight excluding hydrogens is 357 g/mol. The zero-order valence-corrected chi connectivity index (χ0v) is 15.6. The third-order valence-electron chi connectivity index (χ3n) is 6.09. The molecule has 1 atom stereocenters. The average Bonchev–Trinajstić information content (AvgIpc) is 3.31. The summed E-state index contributed by atoms with van der Waals surface area (Å²) in [5, 5.41) is 0. The van der Waals surface area contributed by atoms with Crippen molar-refractivity contribution in [3.63, 3.8) is 0 Å². The summed E-state index contributed by atoms with van der Waals surface area (Å²) < 4.78 is 14.2. The van der Waals surface area contributed by atoms with Crippen molar-refractivity contribution in [3.8, 4) is 0 Å². The molecule has 2 fully saturated rings. The molecule has 144 valence electrons. The fraction of sp³-hybridized carbons (Fsp3) is 0.409. The van der Waals surface area contributed by atoms with Crippen molar-refractivity contribution >= 4 is 11.8 Å². The van der Waals surface area contributed by atoms with Crippen molar-refractivity contribution in [2.24, 2.45) is 0 Å². The first-order chi connectivity index (χ1) is 13.6. The third-order valence-corrected chi connectivity index (χ3v) is 6.09. The summed E-state index contributed by atoms with van der Waals surface area (Å²) in [6.07, 6.45) is 4.71. The van der Waals surface area contributed by atoms with Crippen LogP contribution < -0.4 is 0 Å². The molecule has 1 aromatic heterocycles. The van der Waals surface area contributed by atoms with Crippen molar-refractivity contribution in [2.75, 3.05) is 13.1 Å². The molecule has 3 aliphatic rings. The highest BCUT2D eigenvalue weighted by Crippen LogP contribution is 2.41. The van der Waals surface area contributed by atoms with E-state index >= 15 is 0 Å². The molecule has 6 heteroatoms. The fourth-order valence-corrected chi connectivity index (χ4v) is 4.36. The number of fused-ring (bicyclic) bond motifs is 1. The van der Waals surface area contributed by atoms with Crippen LogP contribution in [0.15, 0.2) is 36.5 Å². The van der Waals surface area contributed by atoms with Gasteiger partial charge < -0.3 is 9.80 Å². The van der Waals surface area contributed by atoms with Gasteiger partial charge in [0.15, 0.2) is 0 Å². The topological polar surface area (TPSA) is 53.5 Å². The van der Waals surface area contributed by atoms with Gasteiger partial charge in [-0.15, -0.1) is 0 Å². The largest absolute Gasteiger partial charge is 0.340 e. The van der Waals surface area contributed by atoms with Crippen LogP contribution in [0.2, 0.25) is 0 Å². The lowest BCUT2D eigenvalue weighted by atomic mass is 10.0. The molecule has 0 N–H and O–H groups in total. The first-order valence-electron chi connectivity index (χ1n) is 9.91. The molecule has 1 unspecified atom stereocenters. The highest BCUT2D eigenvalue weighted by atomic mass is 19.1. The van der Waals surface area contributed by atoms with E-state index in [-0.39, 0.29) is 30.1 Å². The summed E-state index contributed by atoms with van der Waals surface area (Å²) in [6.45, 7) is 1.71. The highest BCUT2D eigenvalue weighted by Gasteiger charge is 2.38. The molecule has 3 heterocycles. The van der Waals surface area contributed by atoms with Gasteiger partial charge >= 0.3 is 0 Å². The lowest BCUT2D eigenvalue weighted by molar-refractivity contribution is -0.129. The van der Waals surface area contributed by atoms with Gasteiger partial charge in [-0.1, -0.05) is 18.2 Å². The number of carbonyl (C=O) groups excluding carboxylic acids is 2. The standard InChI is InChI=1S/C22H22FN3O2/c23-19-10-14(3-6-18(19)15-4-5-15)11-20(27)25-9-7-17(13-25)26-12-16-2-1-8-24-21(16)22(26)28/h1-3,6,8,10,15,17H,4-5,7,9,11-13H2. The van der Waals surface area contributed by atoms with E-state index in [1.807, 2.05) is 29.2 Å². The van der Waals surface area contributed by atoms with E-state index in [4.69, 9.17) is 0 Å². The van der Waals surface area contributed by atoms with E-state index < -0.39 is 0 Å². The molecule has 5 rings (SSSR count). The van der Waals surface area contributed by atoms with Crippen molar-refractivity contribution in [2.45, 2.75) is 44.2 Å². The molecule has 2 amide bonds. The Kier molecular flexibility index (Phi) is 4.14. The van der Waals surface area contributed by atoms with Crippen LogP contribution in [0.4, 0.5) is 4.39 Å². The molecule has 0 radical (unpaired) electrons. The van der Waals surface area contributed by atoms with Crippen LogP contribution in [0, 0.1) is 5.82 Å². The number of likely N-dealkylation sites (tertiary alicyclic amines) is 1. The zero-order valence-electron chi connectivity index (χ0n) is 15.6. The lowest BCUT2D eigenvalue weighted by Gasteiger charge is -2.24. The molecule has 0 bridgehead atoms.